The zero-order valence-corrected chi connectivity index (χ0v) is 13.5. The lowest BCUT2D eigenvalue weighted by atomic mass is 10.1. The van der Waals surface area contributed by atoms with Crippen molar-refractivity contribution in [3.63, 3.8) is 0 Å². The van der Waals surface area contributed by atoms with Gasteiger partial charge in [-0.3, -0.25) is 9.63 Å². The van der Waals surface area contributed by atoms with Crippen LogP contribution in [-0.2, 0) is 14.4 Å². The van der Waals surface area contributed by atoms with Crippen molar-refractivity contribution in [2.45, 2.75) is 25.9 Å². The number of ketones is 1. The van der Waals surface area contributed by atoms with E-state index < -0.39 is 17.9 Å². The van der Waals surface area contributed by atoms with Gasteiger partial charge >= 0.3 is 5.97 Å². The second-order valence-corrected chi connectivity index (χ2v) is 5.31. The van der Waals surface area contributed by atoms with Gasteiger partial charge in [-0.05, 0) is 18.6 Å². The first-order valence-electron chi connectivity index (χ1n) is 6.13. The topological polar surface area (TPSA) is 78.6 Å². The van der Waals surface area contributed by atoms with Gasteiger partial charge in [-0.15, -0.1) is 0 Å². The summed E-state index contributed by atoms with van der Waals surface area (Å²) in [4.78, 5) is 28.5. The molecule has 0 fully saturated rings. The zero-order valence-electron chi connectivity index (χ0n) is 11.2. The Morgan fingerprint density at radius 2 is 1.86 bits per heavy atom. The second kappa shape index (κ2) is 8.56. The van der Waals surface area contributed by atoms with Gasteiger partial charge < -0.3 is 4.74 Å². The van der Waals surface area contributed by atoms with Gasteiger partial charge in [-0.2, -0.15) is 0 Å². The Morgan fingerprint density at radius 1 is 1.24 bits per heavy atom. The first-order valence-corrected chi connectivity index (χ1v) is 7.27. The van der Waals surface area contributed by atoms with Crippen LogP contribution in [0.1, 0.15) is 30.1 Å². The highest BCUT2D eigenvalue weighted by atomic mass is 35.5. The number of ether oxygens (including phenoxy) is 1. The summed E-state index contributed by atoms with van der Waals surface area (Å²) in [6.45, 7) is 2.10. The minimum absolute atomic E-state index is 0.0396. The summed E-state index contributed by atoms with van der Waals surface area (Å²) in [6.07, 6.45) is -0.146. The number of rotatable bonds is 7. The first-order chi connectivity index (χ1) is 9.93. The number of esters is 1. The van der Waals surface area contributed by atoms with Crippen LogP contribution in [0.4, 0.5) is 0 Å². The summed E-state index contributed by atoms with van der Waals surface area (Å²) < 4.78 is 4.90. The Kier molecular flexibility index (Phi) is 7.42. The molecule has 21 heavy (non-hydrogen) atoms. The molecule has 5 nitrogen and oxygen atoms in total. The zero-order chi connectivity index (χ0) is 16.0. The number of carbonyl (C=O) groups is 2. The molecule has 0 saturated heterocycles. The SMILES string of the molecule is CCCCOC(=O)C(ON)C(=O)c1c(Cl)ccc(Cl)c1Cl. The fourth-order valence-corrected chi connectivity index (χ4v) is 2.22. The summed E-state index contributed by atoms with van der Waals surface area (Å²) >= 11 is 17.7. The molecule has 8 heteroatoms. The molecule has 0 radical (unpaired) electrons. The molecule has 2 N–H and O–H groups in total. The van der Waals surface area contributed by atoms with Crippen LogP contribution in [0.2, 0.25) is 15.1 Å². The van der Waals surface area contributed by atoms with Gasteiger partial charge in [0.2, 0.25) is 11.9 Å². The van der Waals surface area contributed by atoms with E-state index in [1.807, 2.05) is 6.92 Å². The molecule has 1 aromatic rings. The molecule has 0 spiro atoms. The molecule has 0 aliphatic carbocycles. The monoisotopic (exact) mass is 353 g/mol. The smallest absolute Gasteiger partial charge is 0.345 e. The van der Waals surface area contributed by atoms with Gasteiger partial charge in [-0.25, -0.2) is 10.7 Å². The number of unbranched alkanes of at least 4 members (excludes halogenated alkanes) is 1. The van der Waals surface area contributed by atoms with E-state index in [-0.39, 0.29) is 27.2 Å². The Hall–Kier alpha value is -0.850. The highest BCUT2D eigenvalue weighted by Crippen LogP contribution is 2.32. The van der Waals surface area contributed by atoms with Crippen LogP contribution in [0.5, 0.6) is 0 Å². The van der Waals surface area contributed by atoms with Crippen molar-refractivity contribution in [3.8, 4) is 0 Å². The van der Waals surface area contributed by atoms with Crippen molar-refractivity contribution in [3.05, 3.63) is 32.8 Å². The highest BCUT2D eigenvalue weighted by molar-refractivity contribution is 6.46. The van der Waals surface area contributed by atoms with E-state index in [0.29, 0.717) is 6.42 Å². The Balaban J connectivity index is 2.99. The maximum Gasteiger partial charge on any atom is 0.345 e. The fraction of sp³-hybridized carbons (Fsp3) is 0.385. The lowest BCUT2D eigenvalue weighted by Crippen LogP contribution is -2.37. The van der Waals surface area contributed by atoms with Crippen LogP contribution in [0.25, 0.3) is 0 Å². The summed E-state index contributed by atoms with van der Waals surface area (Å²) in [5, 5.41) is 0.0925. The summed E-state index contributed by atoms with van der Waals surface area (Å²) in [6, 6.07) is 2.82. The van der Waals surface area contributed by atoms with E-state index in [1.54, 1.807) is 0 Å². The minimum atomic E-state index is -1.64. The van der Waals surface area contributed by atoms with Crippen LogP contribution in [0, 0.1) is 0 Å². The number of nitrogens with two attached hydrogens (primary N) is 1. The van der Waals surface area contributed by atoms with Crippen molar-refractivity contribution in [1.29, 1.82) is 0 Å². The number of hydrogen-bond acceptors (Lipinski definition) is 5. The fourth-order valence-electron chi connectivity index (χ4n) is 1.50. The summed E-state index contributed by atoms with van der Waals surface area (Å²) in [7, 11) is 0. The predicted octanol–water partition coefficient (Wildman–Crippen LogP) is 3.43. The molecule has 0 aliphatic heterocycles. The van der Waals surface area contributed by atoms with E-state index in [2.05, 4.69) is 4.84 Å². The molecule has 0 heterocycles. The average molecular weight is 355 g/mol. The quantitative estimate of drug-likeness (QED) is 0.203. The second-order valence-electron chi connectivity index (χ2n) is 4.12. The van der Waals surface area contributed by atoms with Crippen molar-refractivity contribution in [2.75, 3.05) is 6.61 Å². The lowest BCUT2D eigenvalue weighted by molar-refractivity contribution is -0.154. The standard InChI is InChI=1S/C13H14Cl3NO4/c1-2-3-6-20-13(19)12(21-17)11(18)9-7(14)4-5-8(15)10(9)16/h4-5,12H,2-3,6,17H2,1H3. The molecule has 0 aliphatic rings. The van der Waals surface area contributed by atoms with Crippen molar-refractivity contribution < 1.29 is 19.2 Å². The van der Waals surface area contributed by atoms with E-state index in [9.17, 15) is 9.59 Å². The van der Waals surface area contributed by atoms with E-state index in [4.69, 9.17) is 45.4 Å². The summed E-state index contributed by atoms with van der Waals surface area (Å²) in [5.41, 5.74) is -0.131. The van der Waals surface area contributed by atoms with E-state index in [1.165, 1.54) is 12.1 Å². The van der Waals surface area contributed by atoms with Crippen molar-refractivity contribution >= 4 is 46.6 Å². The molecule has 1 atom stereocenters. The maximum atomic E-state index is 12.3. The van der Waals surface area contributed by atoms with Gasteiger partial charge in [0.05, 0.1) is 27.2 Å². The molecule has 0 bridgehead atoms. The lowest BCUT2D eigenvalue weighted by Gasteiger charge is -2.14. The van der Waals surface area contributed by atoms with Crippen LogP contribution in [0.15, 0.2) is 12.1 Å². The Bertz CT molecular complexity index is 536. The molecular weight excluding hydrogens is 341 g/mol. The number of carbonyl (C=O) groups excluding carboxylic acids is 2. The normalized spacial score (nSPS) is 12.0. The van der Waals surface area contributed by atoms with Gasteiger partial charge in [0.25, 0.3) is 0 Å². The number of benzene rings is 1. The molecular formula is C13H14Cl3NO4. The predicted molar refractivity (Wildman–Crippen MR) is 80.7 cm³/mol. The Morgan fingerprint density at radius 3 is 2.43 bits per heavy atom. The average Bonchev–Trinajstić information content (AvgIpc) is 2.44. The largest absolute Gasteiger partial charge is 0.463 e. The number of hydrogen-bond donors (Lipinski definition) is 1. The van der Waals surface area contributed by atoms with Gasteiger partial charge in [0.15, 0.2) is 0 Å². The van der Waals surface area contributed by atoms with E-state index >= 15 is 0 Å². The maximum absolute atomic E-state index is 12.3. The van der Waals surface area contributed by atoms with Crippen molar-refractivity contribution in [2.24, 2.45) is 5.90 Å². The minimum Gasteiger partial charge on any atom is -0.463 e. The molecule has 116 valence electrons. The molecule has 0 aromatic heterocycles. The molecule has 1 unspecified atom stereocenters. The van der Waals surface area contributed by atoms with Gasteiger partial charge in [0, 0.05) is 0 Å². The highest BCUT2D eigenvalue weighted by Gasteiger charge is 2.33. The van der Waals surface area contributed by atoms with Crippen LogP contribution in [-0.4, -0.2) is 24.5 Å². The third kappa shape index (κ3) is 4.56. The molecule has 0 saturated carbocycles. The molecule has 1 aromatic carbocycles. The third-order valence-corrected chi connectivity index (χ3v) is 3.74. The van der Waals surface area contributed by atoms with Crippen LogP contribution >= 0.6 is 34.8 Å². The van der Waals surface area contributed by atoms with Crippen LogP contribution in [0.3, 0.4) is 0 Å². The summed E-state index contributed by atoms with van der Waals surface area (Å²) in [5.74, 6) is 3.30. The third-order valence-electron chi connectivity index (χ3n) is 2.62. The number of halogens is 3. The van der Waals surface area contributed by atoms with Crippen molar-refractivity contribution in [1.82, 2.24) is 0 Å². The Labute approximate surface area is 137 Å². The first kappa shape index (κ1) is 18.2. The van der Waals surface area contributed by atoms with Crippen LogP contribution < -0.4 is 5.90 Å². The molecule has 0 amide bonds. The van der Waals surface area contributed by atoms with Gasteiger partial charge in [-0.1, -0.05) is 48.1 Å². The molecule has 1 rings (SSSR count). The van der Waals surface area contributed by atoms with Gasteiger partial charge in [0.1, 0.15) is 0 Å². The number of Topliss-reactive ketones (excluding diaryl/α,β-unsaturated/α-hetero) is 1. The van der Waals surface area contributed by atoms with E-state index in [0.717, 1.165) is 6.42 Å².